The SMILES string of the molecule is CC(C)C1CN2CCCCC2CN1c1cc(Cl)ccc1Br. The molecule has 0 spiro atoms. The molecular formula is C17H24BrClN2. The largest absolute Gasteiger partial charge is 0.364 e. The van der Waals surface area contributed by atoms with Gasteiger partial charge in [-0.3, -0.25) is 4.90 Å². The quantitative estimate of drug-likeness (QED) is 0.736. The van der Waals surface area contributed by atoms with Gasteiger partial charge in [-0.25, -0.2) is 0 Å². The normalized spacial score (nSPS) is 27.0. The highest BCUT2D eigenvalue weighted by molar-refractivity contribution is 9.10. The highest BCUT2D eigenvalue weighted by atomic mass is 79.9. The third kappa shape index (κ3) is 3.25. The summed E-state index contributed by atoms with van der Waals surface area (Å²) in [6.07, 6.45) is 4.07. The molecule has 0 aliphatic carbocycles. The van der Waals surface area contributed by atoms with Crippen LogP contribution < -0.4 is 4.90 Å². The Morgan fingerprint density at radius 2 is 2.05 bits per heavy atom. The van der Waals surface area contributed by atoms with E-state index in [2.05, 4.69) is 51.7 Å². The van der Waals surface area contributed by atoms with Crippen molar-refractivity contribution in [1.29, 1.82) is 0 Å². The van der Waals surface area contributed by atoms with Crippen molar-refractivity contribution in [2.24, 2.45) is 5.92 Å². The minimum Gasteiger partial charge on any atom is -0.364 e. The van der Waals surface area contributed by atoms with Gasteiger partial charge in [-0.2, -0.15) is 0 Å². The van der Waals surface area contributed by atoms with Crippen molar-refractivity contribution < 1.29 is 0 Å². The van der Waals surface area contributed by atoms with E-state index in [0.717, 1.165) is 16.0 Å². The molecule has 0 amide bonds. The van der Waals surface area contributed by atoms with Gasteiger partial charge in [-0.05, 0) is 59.4 Å². The van der Waals surface area contributed by atoms with Gasteiger partial charge in [0.2, 0.25) is 0 Å². The average molecular weight is 372 g/mol. The van der Waals surface area contributed by atoms with Gasteiger partial charge in [-0.15, -0.1) is 0 Å². The van der Waals surface area contributed by atoms with E-state index in [9.17, 15) is 0 Å². The molecule has 0 N–H and O–H groups in total. The molecule has 0 radical (unpaired) electrons. The summed E-state index contributed by atoms with van der Waals surface area (Å²) in [5, 5.41) is 0.821. The Morgan fingerprint density at radius 1 is 1.24 bits per heavy atom. The molecule has 2 heterocycles. The number of halogens is 2. The first kappa shape index (κ1) is 15.6. The molecule has 2 atom stereocenters. The molecule has 3 rings (SSSR count). The first-order valence-electron chi connectivity index (χ1n) is 8.02. The Hall–Kier alpha value is -0.250. The summed E-state index contributed by atoms with van der Waals surface area (Å²) >= 11 is 9.96. The summed E-state index contributed by atoms with van der Waals surface area (Å²) in [7, 11) is 0. The smallest absolute Gasteiger partial charge is 0.0529 e. The minimum absolute atomic E-state index is 0.564. The summed E-state index contributed by atoms with van der Waals surface area (Å²) in [6.45, 7) is 8.25. The molecule has 4 heteroatoms. The molecule has 1 aromatic carbocycles. The molecule has 2 saturated heterocycles. The van der Waals surface area contributed by atoms with Gasteiger partial charge in [0.15, 0.2) is 0 Å². The van der Waals surface area contributed by atoms with Crippen molar-refractivity contribution in [3.63, 3.8) is 0 Å². The maximum absolute atomic E-state index is 6.24. The van der Waals surface area contributed by atoms with Gasteiger partial charge < -0.3 is 4.90 Å². The van der Waals surface area contributed by atoms with Crippen LogP contribution in [-0.2, 0) is 0 Å². The van der Waals surface area contributed by atoms with E-state index < -0.39 is 0 Å². The fraction of sp³-hybridized carbons (Fsp3) is 0.647. The molecule has 2 nitrogen and oxygen atoms in total. The van der Waals surface area contributed by atoms with Crippen LogP contribution in [0.15, 0.2) is 22.7 Å². The summed E-state index contributed by atoms with van der Waals surface area (Å²) in [6, 6.07) is 7.41. The predicted molar refractivity (Wildman–Crippen MR) is 94.3 cm³/mol. The number of hydrogen-bond acceptors (Lipinski definition) is 2. The molecule has 2 aliphatic rings. The molecule has 0 aromatic heterocycles. The number of piperidine rings is 1. The monoisotopic (exact) mass is 370 g/mol. The zero-order chi connectivity index (χ0) is 15.0. The molecule has 2 aliphatic heterocycles. The Labute approximate surface area is 141 Å². The van der Waals surface area contributed by atoms with Crippen LogP contribution in [0, 0.1) is 5.92 Å². The molecule has 2 fully saturated rings. The fourth-order valence-corrected chi connectivity index (χ4v) is 4.40. The summed E-state index contributed by atoms with van der Waals surface area (Å²) in [5.41, 5.74) is 1.26. The van der Waals surface area contributed by atoms with Crippen LogP contribution in [0.4, 0.5) is 5.69 Å². The average Bonchev–Trinajstić information content (AvgIpc) is 2.48. The first-order chi connectivity index (χ1) is 10.1. The van der Waals surface area contributed by atoms with Crippen LogP contribution >= 0.6 is 27.5 Å². The van der Waals surface area contributed by atoms with E-state index in [1.165, 1.54) is 38.0 Å². The zero-order valence-corrected chi connectivity index (χ0v) is 15.2. The van der Waals surface area contributed by atoms with E-state index in [1.54, 1.807) is 0 Å². The maximum atomic E-state index is 6.24. The highest BCUT2D eigenvalue weighted by Gasteiger charge is 2.36. The van der Waals surface area contributed by atoms with E-state index >= 15 is 0 Å². The molecule has 0 bridgehead atoms. The van der Waals surface area contributed by atoms with Crippen molar-refractivity contribution in [2.45, 2.75) is 45.2 Å². The number of anilines is 1. The standard InChI is InChI=1S/C17H24BrClN2/c1-12(2)17-11-20-8-4-3-5-14(20)10-21(17)16-9-13(19)6-7-15(16)18/h6-7,9,12,14,17H,3-5,8,10-11H2,1-2H3. The van der Waals surface area contributed by atoms with Crippen molar-refractivity contribution in [2.75, 3.05) is 24.5 Å². The molecule has 116 valence electrons. The Bertz CT molecular complexity index is 506. The third-order valence-corrected chi connectivity index (χ3v) is 5.87. The molecule has 0 saturated carbocycles. The number of nitrogens with zero attached hydrogens (tertiary/aromatic N) is 2. The van der Waals surface area contributed by atoms with E-state index in [4.69, 9.17) is 11.6 Å². The fourth-order valence-electron chi connectivity index (χ4n) is 3.76. The summed E-state index contributed by atoms with van der Waals surface area (Å²) in [4.78, 5) is 5.30. The summed E-state index contributed by atoms with van der Waals surface area (Å²) in [5.74, 6) is 0.638. The van der Waals surface area contributed by atoms with E-state index in [-0.39, 0.29) is 0 Å². The van der Waals surface area contributed by atoms with Gasteiger partial charge in [0.25, 0.3) is 0 Å². The Balaban J connectivity index is 1.91. The van der Waals surface area contributed by atoms with Crippen LogP contribution in [-0.4, -0.2) is 36.6 Å². The number of hydrogen-bond donors (Lipinski definition) is 0. The van der Waals surface area contributed by atoms with Crippen molar-refractivity contribution in [3.8, 4) is 0 Å². The molecule has 1 aromatic rings. The van der Waals surface area contributed by atoms with Crippen LogP contribution in [0.5, 0.6) is 0 Å². The van der Waals surface area contributed by atoms with Crippen molar-refractivity contribution in [3.05, 3.63) is 27.7 Å². The van der Waals surface area contributed by atoms with Crippen LogP contribution in [0.25, 0.3) is 0 Å². The number of piperazine rings is 1. The second-order valence-electron chi connectivity index (χ2n) is 6.70. The molecule has 2 unspecified atom stereocenters. The van der Waals surface area contributed by atoms with Gasteiger partial charge >= 0.3 is 0 Å². The lowest BCUT2D eigenvalue weighted by molar-refractivity contribution is 0.100. The molecular weight excluding hydrogens is 348 g/mol. The van der Waals surface area contributed by atoms with Crippen LogP contribution in [0.1, 0.15) is 33.1 Å². The van der Waals surface area contributed by atoms with E-state index in [0.29, 0.717) is 18.0 Å². The number of benzene rings is 1. The third-order valence-electron chi connectivity index (χ3n) is 4.97. The van der Waals surface area contributed by atoms with E-state index in [1.807, 2.05) is 6.07 Å². The summed E-state index contributed by atoms with van der Waals surface area (Å²) < 4.78 is 1.15. The lowest BCUT2D eigenvalue weighted by atomic mass is 9.91. The highest BCUT2D eigenvalue weighted by Crippen LogP contribution is 2.36. The van der Waals surface area contributed by atoms with Crippen LogP contribution in [0.3, 0.4) is 0 Å². The van der Waals surface area contributed by atoms with Crippen LogP contribution in [0.2, 0.25) is 5.02 Å². The lowest BCUT2D eigenvalue weighted by Gasteiger charge is -2.51. The van der Waals surface area contributed by atoms with Gasteiger partial charge in [0.05, 0.1) is 5.69 Å². The number of rotatable bonds is 2. The van der Waals surface area contributed by atoms with Gasteiger partial charge in [-0.1, -0.05) is 31.9 Å². The molecule has 21 heavy (non-hydrogen) atoms. The minimum atomic E-state index is 0.564. The Morgan fingerprint density at radius 3 is 2.81 bits per heavy atom. The van der Waals surface area contributed by atoms with Gasteiger partial charge in [0, 0.05) is 34.7 Å². The Kier molecular flexibility index (Phi) is 4.82. The zero-order valence-electron chi connectivity index (χ0n) is 12.9. The second kappa shape index (κ2) is 6.47. The lowest BCUT2D eigenvalue weighted by Crippen LogP contribution is -2.61. The topological polar surface area (TPSA) is 6.48 Å². The second-order valence-corrected chi connectivity index (χ2v) is 7.99. The van der Waals surface area contributed by atoms with Crippen molar-refractivity contribution >= 4 is 33.2 Å². The maximum Gasteiger partial charge on any atom is 0.0529 e. The first-order valence-corrected chi connectivity index (χ1v) is 9.19. The number of fused-ring (bicyclic) bond motifs is 1. The predicted octanol–water partition coefficient (Wildman–Crippen LogP) is 4.80. The van der Waals surface area contributed by atoms with Gasteiger partial charge in [0.1, 0.15) is 0 Å². The van der Waals surface area contributed by atoms with Crippen molar-refractivity contribution in [1.82, 2.24) is 4.90 Å².